The van der Waals surface area contributed by atoms with E-state index in [0.717, 1.165) is 29.9 Å². The predicted octanol–water partition coefficient (Wildman–Crippen LogP) is 4.05. The van der Waals surface area contributed by atoms with Gasteiger partial charge in [0.05, 0.1) is 18.4 Å². The van der Waals surface area contributed by atoms with E-state index in [1.165, 1.54) is 12.1 Å². The van der Waals surface area contributed by atoms with E-state index in [0.29, 0.717) is 30.1 Å². The highest BCUT2D eigenvalue weighted by Gasteiger charge is 2.32. The van der Waals surface area contributed by atoms with Crippen LogP contribution in [0.25, 0.3) is 6.08 Å². The third kappa shape index (κ3) is 4.63. The molecule has 1 saturated heterocycles. The predicted molar refractivity (Wildman–Crippen MR) is 137 cm³/mol. The van der Waals surface area contributed by atoms with Crippen molar-refractivity contribution in [3.8, 4) is 0 Å². The third-order valence-corrected chi connectivity index (χ3v) is 6.10. The van der Waals surface area contributed by atoms with E-state index in [4.69, 9.17) is 4.74 Å². The molecule has 0 N–H and O–H groups in total. The van der Waals surface area contributed by atoms with Gasteiger partial charge in [-0.2, -0.15) is 10.1 Å². The van der Waals surface area contributed by atoms with Crippen LogP contribution >= 0.6 is 0 Å². The van der Waals surface area contributed by atoms with Crippen LogP contribution in [0.15, 0.2) is 89.8 Å². The highest BCUT2D eigenvalue weighted by molar-refractivity contribution is 6.37. The molecule has 8 nitrogen and oxygen atoms in total. The maximum atomic E-state index is 13.4. The average molecular weight is 470 g/mol. The van der Waals surface area contributed by atoms with Gasteiger partial charge < -0.3 is 14.5 Å². The van der Waals surface area contributed by atoms with Gasteiger partial charge in [0.2, 0.25) is 0 Å². The monoisotopic (exact) mass is 469 g/mol. The Morgan fingerprint density at radius 1 is 0.943 bits per heavy atom. The fraction of sp³-hybridized carbons (Fsp3) is 0.185. The SMILES string of the molecule is COC(=O)N1CCN(c2ccc(/C=C3\C(=O)N(c4ccccc4)N=C3c3cccnc3)cc2)CC1.[HH]. The third-order valence-electron chi connectivity index (χ3n) is 6.10. The molecule has 3 aromatic rings. The number of benzene rings is 2. The quantitative estimate of drug-likeness (QED) is 0.539. The van der Waals surface area contributed by atoms with Crippen molar-refractivity contribution >= 4 is 35.2 Å². The highest BCUT2D eigenvalue weighted by Crippen LogP contribution is 2.28. The van der Waals surface area contributed by atoms with Gasteiger partial charge in [0.25, 0.3) is 5.91 Å². The Hall–Kier alpha value is -4.46. The summed E-state index contributed by atoms with van der Waals surface area (Å²) in [5.74, 6) is -0.182. The number of carbonyl (C=O) groups is 2. The largest absolute Gasteiger partial charge is 0.453 e. The zero-order valence-corrected chi connectivity index (χ0v) is 19.4. The summed E-state index contributed by atoms with van der Waals surface area (Å²) < 4.78 is 4.81. The summed E-state index contributed by atoms with van der Waals surface area (Å²) in [4.78, 5) is 33.3. The first-order valence-corrected chi connectivity index (χ1v) is 11.4. The number of piperazine rings is 1. The second kappa shape index (κ2) is 9.80. The topological polar surface area (TPSA) is 78.3 Å². The maximum Gasteiger partial charge on any atom is 0.409 e. The van der Waals surface area contributed by atoms with Gasteiger partial charge in [-0.25, -0.2) is 4.79 Å². The lowest BCUT2D eigenvalue weighted by molar-refractivity contribution is -0.114. The number of rotatable bonds is 4. The van der Waals surface area contributed by atoms with Crippen LogP contribution in [-0.4, -0.2) is 60.9 Å². The fourth-order valence-corrected chi connectivity index (χ4v) is 4.23. The van der Waals surface area contributed by atoms with Gasteiger partial charge in [0, 0.05) is 51.3 Å². The second-order valence-electron chi connectivity index (χ2n) is 8.24. The molecule has 1 fully saturated rings. The van der Waals surface area contributed by atoms with Crippen molar-refractivity contribution in [1.82, 2.24) is 9.88 Å². The molecule has 35 heavy (non-hydrogen) atoms. The number of nitrogens with zero attached hydrogens (tertiary/aromatic N) is 5. The number of carbonyl (C=O) groups excluding carboxylic acids is 2. The summed E-state index contributed by atoms with van der Waals surface area (Å²) in [5, 5.41) is 6.08. The van der Waals surface area contributed by atoms with Crippen molar-refractivity contribution < 1.29 is 15.8 Å². The molecule has 0 atom stereocenters. The fourth-order valence-electron chi connectivity index (χ4n) is 4.23. The Kier molecular flexibility index (Phi) is 6.26. The number of pyridine rings is 1. The van der Waals surface area contributed by atoms with Crippen molar-refractivity contribution in [1.29, 1.82) is 0 Å². The molecule has 0 saturated carbocycles. The van der Waals surface area contributed by atoms with E-state index in [1.54, 1.807) is 17.3 Å². The van der Waals surface area contributed by atoms with E-state index >= 15 is 0 Å². The molecular formula is C27H27N5O3. The van der Waals surface area contributed by atoms with Gasteiger partial charge >= 0.3 is 6.09 Å². The van der Waals surface area contributed by atoms with Gasteiger partial charge in [-0.1, -0.05) is 30.3 Å². The molecule has 3 heterocycles. The molecule has 178 valence electrons. The minimum Gasteiger partial charge on any atom is -0.453 e. The van der Waals surface area contributed by atoms with Gasteiger partial charge in [-0.3, -0.25) is 9.78 Å². The van der Waals surface area contributed by atoms with Crippen molar-refractivity contribution in [3.05, 3.63) is 95.8 Å². The van der Waals surface area contributed by atoms with E-state index in [2.05, 4.69) is 15.0 Å². The van der Waals surface area contributed by atoms with Crippen molar-refractivity contribution in [2.45, 2.75) is 0 Å². The maximum absolute atomic E-state index is 13.4. The molecule has 0 bridgehead atoms. The average Bonchev–Trinajstić information content (AvgIpc) is 3.25. The number of hydrogen-bond acceptors (Lipinski definition) is 6. The normalized spacial score (nSPS) is 17.1. The summed E-state index contributed by atoms with van der Waals surface area (Å²) in [5.41, 5.74) is 4.57. The molecular weight excluding hydrogens is 442 g/mol. The molecule has 0 radical (unpaired) electrons. The molecule has 0 aliphatic carbocycles. The molecule has 2 aromatic carbocycles. The lowest BCUT2D eigenvalue weighted by Crippen LogP contribution is -2.48. The smallest absolute Gasteiger partial charge is 0.409 e. The van der Waals surface area contributed by atoms with Gasteiger partial charge in [-0.05, 0) is 48.0 Å². The number of hydrogen-bond donors (Lipinski definition) is 0. The zero-order valence-electron chi connectivity index (χ0n) is 19.4. The number of ether oxygens (including phenoxy) is 1. The number of amides is 2. The Morgan fingerprint density at radius 3 is 2.34 bits per heavy atom. The number of para-hydroxylation sites is 1. The van der Waals surface area contributed by atoms with E-state index in [9.17, 15) is 9.59 Å². The number of methoxy groups -OCH3 is 1. The lowest BCUT2D eigenvalue weighted by atomic mass is 10.0. The number of hydrazone groups is 1. The lowest BCUT2D eigenvalue weighted by Gasteiger charge is -2.35. The minimum absolute atomic E-state index is 0. The van der Waals surface area contributed by atoms with E-state index in [1.807, 2.05) is 72.8 Å². The van der Waals surface area contributed by atoms with Gasteiger partial charge in [0.1, 0.15) is 5.71 Å². The molecule has 0 unspecified atom stereocenters. The standard InChI is InChI=1S/C27H25N5O3.H2/c1-35-27(34)31-16-14-30(15-17-31)22-11-9-20(10-12-22)18-24-25(21-6-5-13-28-19-21)29-32(26(24)33)23-7-3-2-4-8-23;/h2-13,18-19H,14-17H2,1H3;1H/b24-18-;. The summed E-state index contributed by atoms with van der Waals surface area (Å²) in [6, 6.07) is 21.2. The van der Waals surface area contributed by atoms with Gasteiger partial charge in [-0.15, -0.1) is 0 Å². The molecule has 8 heteroatoms. The Morgan fingerprint density at radius 2 is 1.69 bits per heavy atom. The highest BCUT2D eigenvalue weighted by atomic mass is 16.5. The molecule has 0 spiro atoms. The summed E-state index contributed by atoms with van der Waals surface area (Å²) in [7, 11) is 1.40. The molecule has 2 aliphatic heterocycles. The Bertz CT molecular complexity index is 1270. The molecule has 5 rings (SSSR count). The summed E-state index contributed by atoms with van der Waals surface area (Å²) >= 11 is 0. The summed E-state index contributed by atoms with van der Waals surface area (Å²) in [6.45, 7) is 2.70. The van der Waals surface area contributed by atoms with Crippen LogP contribution in [0, 0.1) is 0 Å². The van der Waals surface area contributed by atoms with Crippen LogP contribution in [0.4, 0.5) is 16.2 Å². The van der Waals surface area contributed by atoms with Crippen LogP contribution in [0.2, 0.25) is 0 Å². The first kappa shape index (κ1) is 22.3. The minimum atomic E-state index is -0.288. The van der Waals surface area contributed by atoms with Crippen molar-refractivity contribution in [3.63, 3.8) is 0 Å². The van der Waals surface area contributed by atoms with Crippen LogP contribution in [0.1, 0.15) is 12.6 Å². The zero-order chi connectivity index (χ0) is 24.2. The van der Waals surface area contributed by atoms with Crippen molar-refractivity contribution in [2.24, 2.45) is 5.10 Å². The van der Waals surface area contributed by atoms with Crippen LogP contribution in [-0.2, 0) is 9.53 Å². The van der Waals surface area contributed by atoms with Gasteiger partial charge in [0.15, 0.2) is 0 Å². The number of aromatic nitrogens is 1. The Balaban J connectivity index is 0.00000304. The summed E-state index contributed by atoms with van der Waals surface area (Å²) in [6.07, 6.45) is 4.99. The van der Waals surface area contributed by atoms with Crippen LogP contribution < -0.4 is 9.91 Å². The molecule has 1 aromatic heterocycles. The van der Waals surface area contributed by atoms with Crippen LogP contribution in [0.5, 0.6) is 0 Å². The van der Waals surface area contributed by atoms with Crippen LogP contribution in [0.3, 0.4) is 0 Å². The first-order chi connectivity index (χ1) is 17.1. The second-order valence-corrected chi connectivity index (χ2v) is 8.24. The number of anilines is 2. The first-order valence-electron chi connectivity index (χ1n) is 11.4. The van der Waals surface area contributed by atoms with E-state index < -0.39 is 0 Å². The van der Waals surface area contributed by atoms with Crippen molar-refractivity contribution in [2.75, 3.05) is 43.2 Å². The molecule has 2 amide bonds. The molecule has 2 aliphatic rings. The van der Waals surface area contributed by atoms with E-state index in [-0.39, 0.29) is 13.4 Å². The Labute approximate surface area is 205 Å².